The van der Waals surface area contributed by atoms with Gasteiger partial charge in [0.1, 0.15) is 18.5 Å². The predicted molar refractivity (Wildman–Crippen MR) is 95.8 cm³/mol. The van der Waals surface area contributed by atoms with E-state index in [4.69, 9.17) is 9.47 Å². The van der Waals surface area contributed by atoms with E-state index < -0.39 is 0 Å². The van der Waals surface area contributed by atoms with Crippen LogP contribution in [0.3, 0.4) is 0 Å². The molecular formula is C19H25N3O3. The molecular weight excluding hydrogens is 318 g/mol. The summed E-state index contributed by atoms with van der Waals surface area (Å²) in [5.41, 5.74) is 1.20. The van der Waals surface area contributed by atoms with Crippen molar-refractivity contribution < 1.29 is 14.3 Å². The molecule has 2 aliphatic heterocycles. The number of aromatic nitrogens is 1. The number of amides is 1. The lowest BCUT2D eigenvalue weighted by molar-refractivity contribution is -0.134. The Morgan fingerprint density at radius 1 is 1.28 bits per heavy atom. The molecule has 0 saturated carbocycles. The maximum atomic E-state index is 11.1. The van der Waals surface area contributed by atoms with Gasteiger partial charge in [-0.25, -0.2) is 0 Å². The maximum Gasteiger partial charge on any atom is 0.246 e. The van der Waals surface area contributed by atoms with Crippen LogP contribution in [0.15, 0.2) is 30.5 Å². The van der Waals surface area contributed by atoms with Crippen LogP contribution < -0.4 is 10.1 Å². The zero-order valence-corrected chi connectivity index (χ0v) is 14.6. The predicted octanol–water partition coefficient (Wildman–Crippen LogP) is 1.54. The number of nitrogens with zero attached hydrogens (tertiary/aromatic N) is 2. The first-order valence-corrected chi connectivity index (χ1v) is 9.00. The van der Waals surface area contributed by atoms with Crippen LogP contribution in [-0.4, -0.2) is 60.4 Å². The number of hydrogen-bond donors (Lipinski definition) is 1. The summed E-state index contributed by atoms with van der Waals surface area (Å²) in [5, 5.41) is 4.04. The number of carbonyl (C=O) groups excluding carboxylic acids is 1. The van der Waals surface area contributed by atoms with Gasteiger partial charge < -0.3 is 24.3 Å². The molecule has 2 aromatic rings. The highest BCUT2D eigenvalue weighted by Gasteiger charge is 2.25. The number of rotatable bonds is 4. The highest BCUT2D eigenvalue weighted by atomic mass is 16.5. The van der Waals surface area contributed by atoms with Gasteiger partial charge in [0.25, 0.3) is 0 Å². The minimum absolute atomic E-state index is 0.0153. The Morgan fingerprint density at radius 3 is 2.88 bits per heavy atom. The van der Waals surface area contributed by atoms with Crippen molar-refractivity contribution in [3.8, 4) is 5.75 Å². The van der Waals surface area contributed by atoms with E-state index >= 15 is 0 Å². The normalized spacial score (nSPS) is 22.9. The van der Waals surface area contributed by atoms with Crippen LogP contribution in [0, 0.1) is 0 Å². The second-order valence-corrected chi connectivity index (χ2v) is 6.97. The first-order chi connectivity index (χ1) is 12.2. The van der Waals surface area contributed by atoms with Crippen LogP contribution in [0.1, 0.15) is 12.8 Å². The summed E-state index contributed by atoms with van der Waals surface area (Å²) in [4.78, 5) is 13.6. The molecule has 1 unspecified atom stereocenters. The first-order valence-electron chi connectivity index (χ1n) is 9.00. The average molecular weight is 343 g/mol. The molecule has 1 aromatic carbocycles. The zero-order valence-electron chi connectivity index (χ0n) is 14.6. The molecule has 2 aliphatic rings. The minimum atomic E-state index is -0.0153. The number of morpholine rings is 1. The van der Waals surface area contributed by atoms with Crippen LogP contribution in [0.25, 0.3) is 10.9 Å². The fraction of sp³-hybridized carbons (Fsp3) is 0.526. The van der Waals surface area contributed by atoms with Gasteiger partial charge in [-0.2, -0.15) is 0 Å². The smallest absolute Gasteiger partial charge is 0.246 e. The molecule has 0 aliphatic carbocycles. The van der Waals surface area contributed by atoms with E-state index in [1.165, 1.54) is 10.9 Å². The van der Waals surface area contributed by atoms with Crippen LogP contribution in [-0.2, 0) is 16.6 Å². The van der Waals surface area contributed by atoms with Crippen molar-refractivity contribution in [2.75, 3.05) is 32.8 Å². The standard InChI is InChI=1S/C19H25N3O3/c1-21-8-7-16-17(21)3-2-4-18(16)25-14-5-9-22(10-6-14)12-15-11-20-19(23)13-24-15/h2-4,7-8,14-15H,5-6,9-13H2,1H3,(H,20,23). The van der Waals surface area contributed by atoms with E-state index in [2.05, 4.69) is 52.3 Å². The molecule has 1 amide bonds. The van der Waals surface area contributed by atoms with E-state index in [0.717, 1.165) is 38.2 Å². The summed E-state index contributed by atoms with van der Waals surface area (Å²) in [6, 6.07) is 8.36. The molecule has 0 radical (unpaired) electrons. The van der Waals surface area contributed by atoms with Crippen molar-refractivity contribution >= 4 is 16.8 Å². The van der Waals surface area contributed by atoms with E-state index in [9.17, 15) is 4.79 Å². The first kappa shape index (κ1) is 16.4. The van der Waals surface area contributed by atoms with Crippen molar-refractivity contribution in [1.29, 1.82) is 0 Å². The monoisotopic (exact) mass is 343 g/mol. The Hall–Kier alpha value is -2.05. The minimum Gasteiger partial charge on any atom is -0.490 e. The van der Waals surface area contributed by atoms with Gasteiger partial charge in [0.05, 0.1) is 11.6 Å². The summed E-state index contributed by atoms with van der Waals surface area (Å²) >= 11 is 0. The highest BCUT2D eigenvalue weighted by molar-refractivity contribution is 5.86. The summed E-state index contributed by atoms with van der Waals surface area (Å²) < 4.78 is 14.0. The molecule has 3 heterocycles. The van der Waals surface area contributed by atoms with Crippen molar-refractivity contribution in [1.82, 2.24) is 14.8 Å². The zero-order chi connectivity index (χ0) is 17.2. The van der Waals surface area contributed by atoms with Crippen LogP contribution in [0.2, 0.25) is 0 Å². The number of aryl methyl sites for hydroxylation is 1. The second-order valence-electron chi connectivity index (χ2n) is 6.97. The van der Waals surface area contributed by atoms with E-state index in [0.29, 0.717) is 6.54 Å². The molecule has 0 bridgehead atoms. The van der Waals surface area contributed by atoms with Crippen LogP contribution in [0.5, 0.6) is 5.75 Å². The number of likely N-dealkylation sites (tertiary alicyclic amines) is 1. The topological polar surface area (TPSA) is 55.7 Å². The second kappa shape index (κ2) is 7.06. The van der Waals surface area contributed by atoms with Crippen molar-refractivity contribution in [2.45, 2.75) is 25.0 Å². The van der Waals surface area contributed by atoms with Gasteiger partial charge in [-0.05, 0) is 31.0 Å². The summed E-state index contributed by atoms with van der Waals surface area (Å²) in [6.45, 7) is 3.68. The molecule has 0 spiro atoms. The summed E-state index contributed by atoms with van der Waals surface area (Å²) in [5.74, 6) is 0.966. The van der Waals surface area contributed by atoms with Gasteiger partial charge in [-0.15, -0.1) is 0 Å². The van der Waals surface area contributed by atoms with Crippen LogP contribution >= 0.6 is 0 Å². The molecule has 134 valence electrons. The van der Waals surface area contributed by atoms with Crippen molar-refractivity contribution in [3.63, 3.8) is 0 Å². The van der Waals surface area contributed by atoms with Crippen molar-refractivity contribution in [2.24, 2.45) is 7.05 Å². The van der Waals surface area contributed by atoms with E-state index in [-0.39, 0.29) is 24.7 Å². The molecule has 6 heteroatoms. The molecule has 2 saturated heterocycles. The molecule has 6 nitrogen and oxygen atoms in total. The molecule has 1 N–H and O–H groups in total. The number of hydrogen-bond acceptors (Lipinski definition) is 4. The third kappa shape index (κ3) is 3.65. The quantitative estimate of drug-likeness (QED) is 0.915. The number of fused-ring (bicyclic) bond motifs is 1. The lowest BCUT2D eigenvalue weighted by Gasteiger charge is -2.35. The lowest BCUT2D eigenvalue weighted by Crippen LogP contribution is -2.50. The van der Waals surface area contributed by atoms with Gasteiger partial charge in [-0.3, -0.25) is 4.79 Å². The van der Waals surface area contributed by atoms with Gasteiger partial charge in [0, 0.05) is 44.8 Å². The van der Waals surface area contributed by atoms with Gasteiger partial charge in [0.15, 0.2) is 0 Å². The number of carbonyl (C=O) groups is 1. The Kier molecular flexibility index (Phi) is 4.63. The Labute approximate surface area is 147 Å². The third-order valence-electron chi connectivity index (χ3n) is 5.16. The van der Waals surface area contributed by atoms with Crippen LogP contribution in [0.4, 0.5) is 0 Å². The Balaban J connectivity index is 1.30. The summed E-state index contributed by atoms with van der Waals surface area (Å²) in [6.07, 6.45) is 4.47. The highest BCUT2D eigenvalue weighted by Crippen LogP contribution is 2.28. The largest absolute Gasteiger partial charge is 0.490 e. The maximum absolute atomic E-state index is 11.1. The van der Waals surface area contributed by atoms with Gasteiger partial charge in [-0.1, -0.05) is 6.07 Å². The SMILES string of the molecule is Cn1ccc2c(OC3CCN(CC4CNC(=O)CO4)CC3)cccc21. The molecule has 2 fully saturated rings. The van der Waals surface area contributed by atoms with Crippen molar-refractivity contribution in [3.05, 3.63) is 30.5 Å². The lowest BCUT2D eigenvalue weighted by atomic mass is 10.1. The molecule has 4 rings (SSSR count). The number of benzene rings is 1. The van der Waals surface area contributed by atoms with Gasteiger partial charge in [0.2, 0.25) is 5.91 Å². The van der Waals surface area contributed by atoms with E-state index in [1.54, 1.807) is 0 Å². The number of piperidine rings is 1. The fourth-order valence-corrected chi connectivity index (χ4v) is 3.70. The third-order valence-corrected chi connectivity index (χ3v) is 5.16. The van der Waals surface area contributed by atoms with Gasteiger partial charge >= 0.3 is 0 Å². The molecule has 1 aromatic heterocycles. The Morgan fingerprint density at radius 2 is 2.12 bits per heavy atom. The summed E-state index contributed by atoms with van der Waals surface area (Å²) in [7, 11) is 2.06. The average Bonchev–Trinajstić information content (AvgIpc) is 3.01. The number of ether oxygens (including phenoxy) is 2. The fourth-order valence-electron chi connectivity index (χ4n) is 3.70. The Bertz CT molecular complexity index is 739. The molecule has 25 heavy (non-hydrogen) atoms. The molecule has 1 atom stereocenters. The van der Waals surface area contributed by atoms with E-state index in [1.807, 2.05) is 0 Å². The number of nitrogens with one attached hydrogen (secondary N) is 1.